The minimum absolute atomic E-state index is 0.639. The summed E-state index contributed by atoms with van der Waals surface area (Å²) in [6, 6.07) is 4.07. The van der Waals surface area contributed by atoms with E-state index in [1.165, 1.54) is 25.7 Å². The standard InChI is InChI=1S/C22H36N4O3/c1-23-22(24-9-5-6-17-7-8-17)26-12-10-25(11-13-26)16-18-14-19(27-2)21(29-4)20(15-18)28-3/h14-15,17H,5-13,16H2,1-4H3,(H,23,24). The number of rotatable bonds is 9. The lowest BCUT2D eigenvalue weighted by molar-refractivity contribution is 0.172. The largest absolute Gasteiger partial charge is 0.493 e. The van der Waals surface area contributed by atoms with Gasteiger partial charge in [0.05, 0.1) is 21.3 Å². The van der Waals surface area contributed by atoms with E-state index in [4.69, 9.17) is 14.2 Å². The number of ether oxygens (including phenoxy) is 3. The maximum absolute atomic E-state index is 5.48. The van der Waals surface area contributed by atoms with Crippen molar-refractivity contribution in [2.45, 2.75) is 32.2 Å². The number of piperazine rings is 1. The van der Waals surface area contributed by atoms with Gasteiger partial charge in [0, 0.05) is 46.3 Å². The number of nitrogens with zero attached hydrogens (tertiary/aromatic N) is 3. The monoisotopic (exact) mass is 404 g/mol. The predicted octanol–water partition coefficient (Wildman–Crippen LogP) is 2.60. The summed E-state index contributed by atoms with van der Waals surface area (Å²) in [5.74, 6) is 4.08. The molecular formula is C22H36N4O3. The topological polar surface area (TPSA) is 58.6 Å². The first-order valence-electron chi connectivity index (χ1n) is 10.6. The summed E-state index contributed by atoms with van der Waals surface area (Å²) in [4.78, 5) is 9.30. The van der Waals surface area contributed by atoms with Crippen LogP contribution in [0, 0.1) is 5.92 Å². The van der Waals surface area contributed by atoms with Crippen LogP contribution in [-0.4, -0.2) is 76.9 Å². The lowest BCUT2D eigenvalue weighted by Crippen LogP contribution is -2.52. The van der Waals surface area contributed by atoms with Crippen molar-refractivity contribution in [2.75, 3.05) is 61.1 Å². The zero-order valence-corrected chi connectivity index (χ0v) is 18.4. The second kappa shape index (κ2) is 10.6. The molecule has 1 aromatic rings. The average Bonchev–Trinajstić information content (AvgIpc) is 3.58. The van der Waals surface area contributed by atoms with E-state index in [1.54, 1.807) is 21.3 Å². The maximum Gasteiger partial charge on any atom is 0.203 e. The first-order chi connectivity index (χ1) is 14.2. The third kappa shape index (κ3) is 5.92. The van der Waals surface area contributed by atoms with Gasteiger partial charge in [-0.2, -0.15) is 0 Å². The molecule has 0 atom stereocenters. The Labute approximate surface area is 175 Å². The van der Waals surface area contributed by atoms with E-state index in [9.17, 15) is 0 Å². The van der Waals surface area contributed by atoms with Crippen LogP contribution in [0.1, 0.15) is 31.2 Å². The van der Waals surface area contributed by atoms with Crippen LogP contribution in [0.25, 0.3) is 0 Å². The van der Waals surface area contributed by atoms with Gasteiger partial charge in [-0.1, -0.05) is 12.8 Å². The third-order valence-corrected chi connectivity index (χ3v) is 5.78. The molecule has 0 radical (unpaired) electrons. The van der Waals surface area contributed by atoms with Gasteiger partial charge in [-0.3, -0.25) is 9.89 Å². The summed E-state index contributed by atoms with van der Waals surface area (Å²) in [7, 11) is 6.82. The fourth-order valence-corrected chi connectivity index (χ4v) is 3.93. The Morgan fingerprint density at radius 3 is 2.21 bits per heavy atom. The normalized spacial score (nSPS) is 17.9. The number of aliphatic imine (C=N–C) groups is 1. The first kappa shape index (κ1) is 21.6. The van der Waals surface area contributed by atoms with Crippen LogP contribution in [-0.2, 0) is 6.54 Å². The maximum atomic E-state index is 5.48. The highest BCUT2D eigenvalue weighted by Gasteiger charge is 2.22. The number of methoxy groups -OCH3 is 3. The molecule has 0 bridgehead atoms. The second-order valence-electron chi connectivity index (χ2n) is 7.86. The Morgan fingerprint density at radius 2 is 1.69 bits per heavy atom. The highest BCUT2D eigenvalue weighted by atomic mass is 16.5. The van der Waals surface area contributed by atoms with Crippen molar-refractivity contribution < 1.29 is 14.2 Å². The van der Waals surface area contributed by atoms with Crippen LogP contribution >= 0.6 is 0 Å². The molecule has 2 fully saturated rings. The Hall–Kier alpha value is -2.15. The van der Waals surface area contributed by atoms with Crippen molar-refractivity contribution in [2.24, 2.45) is 10.9 Å². The van der Waals surface area contributed by atoms with Crippen LogP contribution in [0.4, 0.5) is 0 Å². The molecule has 0 amide bonds. The Kier molecular flexibility index (Phi) is 7.86. The zero-order chi connectivity index (χ0) is 20.6. The third-order valence-electron chi connectivity index (χ3n) is 5.78. The molecule has 0 spiro atoms. The van der Waals surface area contributed by atoms with Gasteiger partial charge in [-0.15, -0.1) is 0 Å². The molecule has 0 unspecified atom stereocenters. The van der Waals surface area contributed by atoms with Crippen LogP contribution in [0.3, 0.4) is 0 Å². The number of hydrogen-bond donors (Lipinski definition) is 1. The number of guanidine groups is 1. The summed E-state index contributed by atoms with van der Waals surface area (Å²) < 4.78 is 16.4. The van der Waals surface area contributed by atoms with Crippen molar-refractivity contribution in [1.82, 2.24) is 15.1 Å². The molecule has 2 aliphatic rings. The smallest absolute Gasteiger partial charge is 0.203 e. The lowest BCUT2D eigenvalue weighted by atomic mass is 10.1. The average molecular weight is 405 g/mol. The minimum Gasteiger partial charge on any atom is -0.493 e. The molecule has 7 heteroatoms. The molecule has 1 heterocycles. The van der Waals surface area contributed by atoms with Gasteiger partial charge in [-0.25, -0.2) is 0 Å². The highest BCUT2D eigenvalue weighted by Crippen LogP contribution is 2.38. The van der Waals surface area contributed by atoms with E-state index in [2.05, 4.69) is 20.1 Å². The predicted molar refractivity (Wildman–Crippen MR) is 116 cm³/mol. The fourth-order valence-electron chi connectivity index (χ4n) is 3.93. The van der Waals surface area contributed by atoms with Gasteiger partial charge < -0.3 is 24.4 Å². The summed E-state index contributed by atoms with van der Waals surface area (Å²) >= 11 is 0. The van der Waals surface area contributed by atoms with Crippen molar-refractivity contribution in [3.05, 3.63) is 17.7 Å². The molecule has 1 aliphatic carbocycles. The van der Waals surface area contributed by atoms with E-state index >= 15 is 0 Å². The molecule has 1 aromatic carbocycles. The quantitative estimate of drug-likeness (QED) is 0.388. The fraction of sp³-hybridized carbons (Fsp3) is 0.682. The summed E-state index contributed by atoms with van der Waals surface area (Å²) in [5.41, 5.74) is 1.16. The van der Waals surface area contributed by atoms with Crippen molar-refractivity contribution in [1.29, 1.82) is 0 Å². The summed E-state index contributed by atoms with van der Waals surface area (Å²) in [5, 5.41) is 3.54. The number of hydrogen-bond acceptors (Lipinski definition) is 5. The minimum atomic E-state index is 0.639. The Balaban J connectivity index is 1.49. The van der Waals surface area contributed by atoms with Gasteiger partial charge >= 0.3 is 0 Å². The summed E-state index contributed by atoms with van der Waals surface area (Å²) in [6.45, 7) is 5.84. The van der Waals surface area contributed by atoms with E-state index < -0.39 is 0 Å². The molecule has 29 heavy (non-hydrogen) atoms. The summed E-state index contributed by atoms with van der Waals surface area (Å²) in [6.07, 6.45) is 5.46. The number of benzene rings is 1. The molecular weight excluding hydrogens is 368 g/mol. The molecule has 162 valence electrons. The van der Waals surface area contributed by atoms with Crippen molar-refractivity contribution in [3.8, 4) is 17.2 Å². The second-order valence-corrected chi connectivity index (χ2v) is 7.86. The molecule has 1 saturated heterocycles. The molecule has 1 aliphatic heterocycles. The van der Waals surface area contributed by atoms with E-state index in [1.807, 2.05) is 19.2 Å². The Bertz CT molecular complexity index is 658. The Morgan fingerprint density at radius 1 is 1.03 bits per heavy atom. The van der Waals surface area contributed by atoms with E-state index in [-0.39, 0.29) is 0 Å². The molecule has 1 N–H and O–H groups in total. The van der Waals surface area contributed by atoms with E-state index in [0.29, 0.717) is 17.2 Å². The molecule has 1 saturated carbocycles. The van der Waals surface area contributed by atoms with Gasteiger partial charge in [0.1, 0.15) is 0 Å². The van der Waals surface area contributed by atoms with E-state index in [0.717, 1.165) is 56.7 Å². The SMILES string of the molecule is CN=C(NCCCC1CC1)N1CCN(Cc2cc(OC)c(OC)c(OC)c2)CC1. The van der Waals surface area contributed by atoms with Crippen LogP contribution < -0.4 is 19.5 Å². The number of nitrogens with one attached hydrogen (secondary N) is 1. The van der Waals surface area contributed by atoms with Crippen LogP contribution in [0.5, 0.6) is 17.2 Å². The first-order valence-corrected chi connectivity index (χ1v) is 10.6. The zero-order valence-electron chi connectivity index (χ0n) is 18.4. The van der Waals surface area contributed by atoms with Gasteiger partial charge in [-0.05, 0) is 36.5 Å². The van der Waals surface area contributed by atoms with Gasteiger partial charge in [0.15, 0.2) is 17.5 Å². The van der Waals surface area contributed by atoms with Gasteiger partial charge in [0.2, 0.25) is 5.75 Å². The van der Waals surface area contributed by atoms with Crippen LogP contribution in [0.15, 0.2) is 17.1 Å². The molecule has 0 aromatic heterocycles. The lowest BCUT2D eigenvalue weighted by Gasteiger charge is -2.36. The highest BCUT2D eigenvalue weighted by molar-refractivity contribution is 5.79. The molecule has 3 rings (SSSR count). The van der Waals surface area contributed by atoms with Crippen LogP contribution in [0.2, 0.25) is 0 Å². The van der Waals surface area contributed by atoms with Gasteiger partial charge in [0.25, 0.3) is 0 Å². The van der Waals surface area contributed by atoms with Crippen molar-refractivity contribution >= 4 is 5.96 Å². The molecule has 7 nitrogen and oxygen atoms in total. The van der Waals surface area contributed by atoms with Crippen molar-refractivity contribution in [3.63, 3.8) is 0 Å².